The van der Waals surface area contributed by atoms with Crippen LogP contribution in [-0.4, -0.2) is 51.3 Å². The van der Waals surface area contributed by atoms with E-state index in [-0.39, 0.29) is 36.5 Å². The minimum atomic E-state index is -0.119. The normalized spacial score (nSPS) is 14.9. The molecule has 0 bridgehead atoms. The molecule has 0 atom stereocenters. The van der Waals surface area contributed by atoms with Gasteiger partial charge in [0.1, 0.15) is 5.75 Å². The van der Waals surface area contributed by atoms with Crippen molar-refractivity contribution in [2.45, 2.75) is 58.1 Å². The van der Waals surface area contributed by atoms with Crippen LogP contribution >= 0.6 is 24.0 Å². The Morgan fingerprint density at radius 3 is 2.60 bits per heavy atom. The van der Waals surface area contributed by atoms with Gasteiger partial charge in [-0.3, -0.25) is 9.79 Å². The first kappa shape index (κ1) is 26.5. The second-order valence-electron chi connectivity index (χ2n) is 7.23. The molecular formula is C22H37IN4O3. The first-order valence-electron chi connectivity index (χ1n) is 10.8. The van der Waals surface area contributed by atoms with Gasteiger partial charge >= 0.3 is 0 Å². The molecule has 1 fully saturated rings. The molecule has 1 amide bonds. The molecular weight excluding hydrogens is 495 g/mol. The SMILES string of the molecule is CCNC(=O)COc1cccc(CNC(=NC)NCCOC2CCCCCC2)c1.I. The molecule has 1 saturated carbocycles. The van der Waals surface area contributed by atoms with Crippen LogP contribution in [0.15, 0.2) is 29.3 Å². The molecule has 30 heavy (non-hydrogen) atoms. The van der Waals surface area contributed by atoms with E-state index in [1.165, 1.54) is 38.5 Å². The standard InChI is InChI=1S/C22H36N4O3.HI/c1-3-24-21(27)17-29-20-12-8-9-18(15-20)16-26-22(23-2)25-13-14-28-19-10-6-4-5-7-11-19;/h8-9,12,15,19H,3-7,10-11,13-14,16-17H2,1-2H3,(H,24,27)(H2,23,25,26);1H. The highest BCUT2D eigenvalue weighted by molar-refractivity contribution is 14.0. The highest BCUT2D eigenvalue weighted by atomic mass is 127. The third-order valence-electron chi connectivity index (χ3n) is 4.88. The molecule has 7 nitrogen and oxygen atoms in total. The number of nitrogens with one attached hydrogen (secondary N) is 3. The van der Waals surface area contributed by atoms with Crippen LogP contribution in [0.2, 0.25) is 0 Å². The van der Waals surface area contributed by atoms with E-state index in [0.717, 1.165) is 18.1 Å². The minimum absolute atomic E-state index is 0. The molecule has 0 aliphatic heterocycles. The molecule has 3 N–H and O–H groups in total. The predicted molar refractivity (Wildman–Crippen MR) is 132 cm³/mol. The third-order valence-corrected chi connectivity index (χ3v) is 4.88. The maximum absolute atomic E-state index is 11.5. The maximum Gasteiger partial charge on any atom is 0.257 e. The van der Waals surface area contributed by atoms with Crippen molar-refractivity contribution in [3.8, 4) is 5.75 Å². The monoisotopic (exact) mass is 532 g/mol. The van der Waals surface area contributed by atoms with Crippen LogP contribution in [0.1, 0.15) is 51.0 Å². The maximum atomic E-state index is 11.5. The number of ether oxygens (including phenoxy) is 2. The van der Waals surface area contributed by atoms with E-state index in [4.69, 9.17) is 9.47 Å². The quantitative estimate of drug-likeness (QED) is 0.142. The summed E-state index contributed by atoms with van der Waals surface area (Å²) in [5.41, 5.74) is 1.05. The molecule has 8 heteroatoms. The Balaban J connectivity index is 0.00000450. The van der Waals surface area contributed by atoms with E-state index in [1.807, 2.05) is 31.2 Å². The second-order valence-corrected chi connectivity index (χ2v) is 7.23. The molecule has 0 radical (unpaired) electrons. The van der Waals surface area contributed by atoms with Crippen LogP contribution < -0.4 is 20.7 Å². The lowest BCUT2D eigenvalue weighted by Crippen LogP contribution is -2.38. The van der Waals surface area contributed by atoms with Crippen molar-refractivity contribution in [2.24, 2.45) is 4.99 Å². The predicted octanol–water partition coefficient (Wildman–Crippen LogP) is 3.22. The minimum Gasteiger partial charge on any atom is -0.484 e. The topological polar surface area (TPSA) is 84.0 Å². The van der Waals surface area contributed by atoms with Crippen LogP contribution in [0.3, 0.4) is 0 Å². The highest BCUT2D eigenvalue weighted by Crippen LogP contribution is 2.19. The fraction of sp³-hybridized carbons (Fsp3) is 0.636. The number of likely N-dealkylation sites (N-methyl/N-ethyl adjacent to an activating group) is 1. The average molecular weight is 532 g/mol. The summed E-state index contributed by atoms with van der Waals surface area (Å²) in [6.45, 7) is 4.54. The van der Waals surface area contributed by atoms with Gasteiger partial charge in [0.15, 0.2) is 12.6 Å². The summed E-state index contributed by atoms with van der Waals surface area (Å²) in [7, 11) is 1.76. The summed E-state index contributed by atoms with van der Waals surface area (Å²) in [5, 5.41) is 9.30. The first-order valence-corrected chi connectivity index (χ1v) is 10.8. The van der Waals surface area contributed by atoms with Crippen LogP contribution in [0.4, 0.5) is 0 Å². The summed E-state index contributed by atoms with van der Waals surface area (Å²) >= 11 is 0. The number of guanidine groups is 1. The zero-order chi connectivity index (χ0) is 20.7. The van der Waals surface area contributed by atoms with Crippen molar-refractivity contribution in [3.63, 3.8) is 0 Å². The number of carbonyl (C=O) groups excluding carboxylic acids is 1. The Morgan fingerprint density at radius 1 is 1.13 bits per heavy atom. The molecule has 170 valence electrons. The average Bonchev–Trinajstić information content (AvgIpc) is 3.01. The number of amides is 1. The zero-order valence-electron chi connectivity index (χ0n) is 18.2. The van der Waals surface area contributed by atoms with Gasteiger partial charge in [0.2, 0.25) is 0 Å². The molecule has 1 aromatic carbocycles. The number of aliphatic imine (C=N–C) groups is 1. The summed E-state index contributed by atoms with van der Waals surface area (Å²) < 4.78 is 11.5. The Labute approximate surface area is 197 Å². The number of hydrogen-bond acceptors (Lipinski definition) is 4. The van der Waals surface area contributed by atoms with Gasteiger partial charge in [-0.2, -0.15) is 0 Å². The van der Waals surface area contributed by atoms with Gasteiger partial charge in [0, 0.05) is 26.7 Å². The number of rotatable bonds is 10. The van der Waals surface area contributed by atoms with Crippen molar-refractivity contribution >= 4 is 35.8 Å². The van der Waals surface area contributed by atoms with Crippen LogP contribution in [0.5, 0.6) is 5.75 Å². The number of hydrogen-bond donors (Lipinski definition) is 3. The summed E-state index contributed by atoms with van der Waals surface area (Å²) in [5.74, 6) is 1.30. The number of carbonyl (C=O) groups is 1. The van der Waals surface area contributed by atoms with E-state index in [0.29, 0.717) is 31.5 Å². The molecule has 1 aliphatic rings. The first-order chi connectivity index (χ1) is 14.2. The summed E-state index contributed by atoms with van der Waals surface area (Å²) in [6, 6.07) is 7.70. The Hall–Kier alpha value is -1.55. The Kier molecular flexibility index (Phi) is 14.3. The molecule has 0 spiro atoms. The largest absolute Gasteiger partial charge is 0.484 e. The van der Waals surface area contributed by atoms with Gasteiger partial charge in [-0.1, -0.05) is 37.8 Å². The second kappa shape index (κ2) is 16.2. The molecule has 0 aromatic heterocycles. The van der Waals surface area contributed by atoms with E-state index >= 15 is 0 Å². The van der Waals surface area contributed by atoms with Gasteiger partial charge in [0.25, 0.3) is 5.91 Å². The molecule has 0 heterocycles. The lowest BCUT2D eigenvalue weighted by molar-refractivity contribution is -0.122. The lowest BCUT2D eigenvalue weighted by Gasteiger charge is -2.17. The molecule has 0 unspecified atom stereocenters. The highest BCUT2D eigenvalue weighted by Gasteiger charge is 2.12. The number of halogens is 1. The van der Waals surface area contributed by atoms with E-state index in [2.05, 4.69) is 20.9 Å². The summed E-state index contributed by atoms with van der Waals surface area (Å²) in [4.78, 5) is 15.8. The van der Waals surface area contributed by atoms with Crippen molar-refractivity contribution in [1.29, 1.82) is 0 Å². The van der Waals surface area contributed by atoms with Crippen molar-refractivity contribution in [1.82, 2.24) is 16.0 Å². The van der Waals surface area contributed by atoms with Crippen LogP contribution in [0.25, 0.3) is 0 Å². The fourth-order valence-corrected chi connectivity index (χ4v) is 3.35. The van der Waals surface area contributed by atoms with Gasteiger partial charge in [-0.05, 0) is 37.5 Å². The molecule has 1 aliphatic carbocycles. The Bertz CT molecular complexity index is 635. The van der Waals surface area contributed by atoms with E-state index < -0.39 is 0 Å². The molecule has 0 saturated heterocycles. The van der Waals surface area contributed by atoms with Gasteiger partial charge in [-0.25, -0.2) is 0 Å². The van der Waals surface area contributed by atoms with Gasteiger partial charge in [-0.15, -0.1) is 24.0 Å². The van der Waals surface area contributed by atoms with Crippen molar-refractivity contribution < 1.29 is 14.3 Å². The Morgan fingerprint density at radius 2 is 1.90 bits per heavy atom. The lowest BCUT2D eigenvalue weighted by atomic mass is 10.1. The van der Waals surface area contributed by atoms with E-state index in [9.17, 15) is 4.79 Å². The third kappa shape index (κ3) is 11.0. The number of benzene rings is 1. The van der Waals surface area contributed by atoms with Crippen molar-refractivity contribution in [3.05, 3.63) is 29.8 Å². The zero-order valence-corrected chi connectivity index (χ0v) is 20.6. The smallest absolute Gasteiger partial charge is 0.257 e. The van der Waals surface area contributed by atoms with Crippen LogP contribution in [0, 0.1) is 0 Å². The molecule has 2 rings (SSSR count). The van der Waals surface area contributed by atoms with Crippen LogP contribution in [-0.2, 0) is 16.1 Å². The summed E-state index contributed by atoms with van der Waals surface area (Å²) in [6.07, 6.45) is 8.04. The van der Waals surface area contributed by atoms with E-state index in [1.54, 1.807) is 7.05 Å². The number of nitrogens with zero attached hydrogens (tertiary/aromatic N) is 1. The van der Waals surface area contributed by atoms with Gasteiger partial charge in [0.05, 0.1) is 12.7 Å². The van der Waals surface area contributed by atoms with Gasteiger partial charge < -0.3 is 25.4 Å². The molecule has 1 aromatic rings. The van der Waals surface area contributed by atoms with Crippen molar-refractivity contribution in [2.75, 3.05) is 33.4 Å². The fourth-order valence-electron chi connectivity index (χ4n) is 3.35.